The van der Waals surface area contributed by atoms with Crippen molar-refractivity contribution in [1.29, 1.82) is 0 Å². The van der Waals surface area contributed by atoms with E-state index in [1.807, 2.05) is 0 Å². The van der Waals surface area contributed by atoms with Crippen LogP contribution in [0.5, 0.6) is 0 Å². The Morgan fingerprint density at radius 3 is 2.36 bits per heavy atom. The minimum Gasteiger partial charge on any atom is -0.337 e. The summed E-state index contributed by atoms with van der Waals surface area (Å²) in [5.41, 5.74) is 6.27. The average Bonchev–Trinajstić information content (AvgIpc) is 2.84. The molecule has 3 rings (SSSR count). The molecule has 0 unspecified atom stereocenters. The Labute approximate surface area is 155 Å². The minimum atomic E-state index is -3.54. The molecule has 2 saturated heterocycles. The van der Waals surface area contributed by atoms with Crippen molar-refractivity contribution < 1.29 is 13.2 Å². The van der Waals surface area contributed by atoms with Gasteiger partial charge < -0.3 is 10.6 Å². The second-order valence-electron chi connectivity index (χ2n) is 6.65. The van der Waals surface area contributed by atoms with E-state index in [1.54, 1.807) is 27.4 Å². The maximum Gasteiger partial charge on any atom is 0.253 e. The Kier molecular flexibility index (Phi) is 6.85. The molecule has 2 aliphatic rings. The third kappa shape index (κ3) is 4.53. The Morgan fingerprint density at radius 1 is 1.08 bits per heavy atom. The van der Waals surface area contributed by atoms with E-state index in [1.165, 1.54) is 6.07 Å². The third-order valence-electron chi connectivity index (χ3n) is 4.80. The predicted molar refractivity (Wildman–Crippen MR) is 99.4 cm³/mol. The van der Waals surface area contributed by atoms with Crippen LogP contribution in [0.2, 0.25) is 0 Å². The van der Waals surface area contributed by atoms with Crippen molar-refractivity contribution in [2.45, 2.75) is 43.0 Å². The zero-order valence-corrected chi connectivity index (χ0v) is 15.9. The summed E-state index contributed by atoms with van der Waals surface area (Å²) in [5, 5.41) is 0. The Balaban J connectivity index is 0.00000225. The first kappa shape index (κ1) is 20.2. The van der Waals surface area contributed by atoms with Crippen molar-refractivity contribution in [3.05, 3.63) is 29.8 Å². The first-order valence-electron chi connectivity index (χ1n) is 8.63. The monoisotopic (exact) mass is 387 g/mol. The largest absolute Gasteiger partial charge is 0.337 e. The molecule has 0 radical (unpaired) electrons. The summed E-state index contributed by atoms with van der Waals surface area (Å²) >= 11 is 0. The zero-order chi connectivity index (χ0) is 17.2. The molecule has 2 heterocycles. The lowest BCUT2D eigenvalue weighted by Gasteiger charge is -2.21. The second kappa shape index (κ2) is 8.49. The number of hydrogen-bond acceptors (Lipinski definition) is 4. The van der Waals surface area contributed by atoms with Crippen molar-refractivity contribution in [1.82, 2.24) is 9.21 Å². The minimum absolute atomic E-state index is 0. The number of carbonyl (C=O) groups is 1. The Hall–Kier alpha value is -1.15. The standard InChI is InChI=1S/C17H25N3O3S.ClH/c18-15-8-11-19(13-15)17(21)14-6-5-7-16(12-14)24(22,23)20-9-3-1-2-4-10-20;/h5-7,12,15H,1-4,8-11,13,18H2;1H/t15-;/m1./s1. The lowest BCUT2D eigenvalue weighted by molar-refractivity contribution is 0.0790. The van der Waals surface area contributed by atoms with Gasteiger partial charge in [0.2, 0.25) is 10.0 Å². The molecule has 6 nitrogen and oxygen atoms in total. The molecule has 2 fully saturated rings. The van der Waals surface area contributed by atoms with Gasteiger partial charge in [-0.15, -0.1) is 12.4 Å². The molecule has 25 heavy (non-hydrogen) atoms. The number of sulfonamides is 1. The van der Waals surface area contributed by atoms with E-state index < -0.39 is 10.0 Å². The molecule has 2 aliphatic heterocycles. The van der Waals surface area contributed by atoms with Crippen molar-refractivity contribution in [3.8, 4) is 0 Å². The van der Waals surface area contributed by atoms with E-state index in [4.69, 9.17) is 5.73 Å². The highest BCUT2D eigenvalue weighted by Crippen LogP contribution is 2.22. The van der Waals surface area contributed by atoms with E-state index >= 15 is 0 Å². The second-order valence-corrected chi connectivity index (χ2v) is 8.58. The molecule has 8 heteroatoms. The van der Waals surface area contributed by atoms with Gasteiger partial charge in [0.1, 0.15) is 0 Å². The van der Waals surface area contributed by atoms with Crippen LogP contribution in [0.4, 0.5) is 0 Å². The molecule has 0 spiro atoms. The lowest BCUT2D eigenvalue weighted by Crippen LogP contribution is -2.33. The molecular weight excluding hydrogens is 362 g/mol. The normalized spacial score (nSPS) is 22.3. The molecule has 1 aromatic rings. The number of hydrogen-bond donors (Lipinski definition) is 1. The van der Waals surface area contributed by atoms with E-state index in [-0.39, 0.29) is 29.3 Å². The molecule has 0 saturated carbocycles. The summed E-state index contributed by atoms with van der Waals surface area (Å²) in [6.45, 7) is 2.27. The number of nitrogens with two attached hydrogens (primary N) is 1. The molecule has 1 aromatic carbocycles. The van der Waals surface area contributed by atoms with Gasteiger partial charge in [-0.05, 0) is 37.5 Å². The maximum atomic E-state index is 12.9. The van der Waals surface area contributed by atoms with Crippen LogP contribution in [0.15, 0.2) is 29.2 Å². The van der Waals surface area contributed by atoms with Crippen LogP contribution >= 0.6 is 12.4 Å². The summed E-state index contributed by atoms with van der Waals surface area (Å²) < 4.78 is 27.3. The van der Waals surface area contributed by atoms with Crippen LogP contribution in [0.3, 0.4) is 0 Å². The van der Waals surface area contributed by atoms with Gasteiger partial charge in [-0.2, -0.15) is 4.31 Å². The van der Waals surface area contributed by atoms with Crippen molar-refractivity contribution >= 4 is 28.3 Å². The third-order valence-corrected chi connectivity index (χ3v) is 6.69. The summed E-state index contributed by atoms with van der Waals surface area (Å²) in [4.78, 5) is 14.5. The molecule has 0 aromatic heterocycles. The highest BCUT2D eigenvalue weighted by molar-refractivity contribution is 7.89. The maximum absolute atomic E-state index is 12.9. The fourth-order valence-electron chi connectivity index (χ4n) is 3.38. The van der Waals surface area contributed by atoms with Gasteiger partial charge in [0.05, 0.1) is 4.90 Å². The predicted octanol–water partition coefficient (Wildman–Crippen LogP) is 1.85. The van der Waals surface area contributed by atoms with Gasteiger partial charge in [0.25, 0.3) is 5.91 Å². The summed E-state index contributed by atoms with van der Waals surface area (Å²) in [7, 11) is -3.54. The summed E-state index contributed by atoms with van der Waals surface area (Å²) in [6, 6.07) is 6.42. The van der Waals surface area contributed by atoms with Crippen LogP contribution in [-0.2, 0) is 10.0 Å². The van der Waals surface area contributed by atoms with Gasteiger partial charge in [-0.25, -0.2) is 8.42 Å². The van der Waals surface area contributed by atoms with E-state index in [9.17, 15) is 13.2 Å². The summed E-state index contributed by atoms with van der Waals surface area (Å²) in [6.07, 6.45) is 4.71. The SMILES string of the molecule is Cl.N[C@@H]1CCN(C(=O)c2cccc(S(=O)(=O)N3CCCCCC3)c2)C1. The number of likely N-dealkylation sites (tertiary alicyclic amines) is 1. The number of amides is 1. The highest BCUT2D eigenvalue weighted by atomic mass is 35.5. The quantitative estimate of drug-likeness (QED) is 0.857. The first-order chi connectivity index (χ1) is 11.5. The number of nitrogens with zero attached hydrogens (tertiary/aromatic N) is 2. The fourth-order valence-corrected chi connectivity index (χ4v) is 4.94. The Bertz CT molecular complexity index is 703. The van der Waals surface area contributed by atoms with Crippen LogP contribution < -0.4 is 5.73 Å². The molecule has 2 N–H and O–H groups in total. The number of rotatable bonds is 3. The van der Waals surface area contributed by atoms with Crippen LogP contribution in [0.25, 0.3) is 0 Å². The van der Waals surface area contributed by atoms with Crippen LogP contribution in [0.1, 0.15) is 42.5 Å². The van der Waals surface area contributed by atoms with E-state index in [0.717, 1.165) is 32.1 Å². The number of halogens is 1. The van der Waals surface area contributed by atoms with Gasteiger partial charge >= 0.3 is 0 Å². The molecular formula is C17H26ClN3O3S. The molecule has 1 atom stereocenters. The van der Waals surface area contributed by atoms with E-state index in [2.05, 4.69) is 0 Å². The smallest absolute Gasteiger partial charge is 0.253 e. The highest BCUT2D eigenvalue weighted by Gasteiger charge is 2.28. The molecule has 1 amide bonds. The summed E-state index contributed by atoms with van der Waals surface area (Å²) in [5.74, 6) is -0.143. The number of benzene rings is 1. The van der Waals surface area contributed by atoms with Gasteiger partial charge in [0, 0.05) is 37.8 Å². The lowest BCUT2D eigenvalue weighted by atomic mass is 10.2. The molecule has 140 valence electrons. The zero-order valence-electron chi connectivity index (χ0n) is 14.3. The van der Waals surface area contributed by atoms with Gasteiger partial charge in [-0.1, -0.05) is 18.9 Å². The fraction of sp³-hybridized carbons (Fsp3) is 0.588. The van der Waals surface area contributed by atoms with Crippen LogP contribution in [-0.4, -0.2) is 55.8 Å². The average molecular weight is 388 g/mol. The molecule has 0 bridgehead atoms. The number of carbonyl (C=O) groups excluding carboxylic acids is 1. The first-order valence-corrected chi connectivity index (χ1v) is 10.1. The van der Waals surface area contributed by atoms with Crippen molar-refractivity contribution in [2.75, 3.05) is 26.2 Å². The van der Waals surface area contributed by atoms with Crippen molar-refractivity contribution in [3.63, 3.8) is 0 Å². The van der Waals surface area contributed by atoms with Crippen LogP contribution in [0, 0.1) is 0 Å². The van der Waals surface area contributed by atoms with Gasteiger partial charge in [-0.3, -0.25) is 4.79 Å². The van der Waals surface area contributed by atoms with Crippen molar-refractivity contribution in [2.24, 2.45) is 5.73 Å². The molecule has 0 aliphatic carbocycles. The van der Waals surface area contributed by atoms with E-state index in [0.29, 0.717) is 31.7 Å². The topological polar surface area (TPSA) is 83.7 Å². The Morgan fingerprint density at radius 2 is 1.76 bits per heavy atom. The van der Waals surface area contributed by atoms with Gasteiger partial charge in [0.15, 0.2) is 0 Å².